The van der Waals surface area contributed by atoms with E-state index in [1.165, 1.54) is 17.5 Å². The molecule has 8 rings (SSSR count). The van der Waals surface area contributed by atoms with E-state index >= 15 is 0 Å². The summed E-state index contributed by atoms with van der Waals surface area (Å²) in [7, 11) is 1.79. The number of likely N-dealkylation sites (tertiary alicyclic amines) is 1. The van der Waals surface area contributed by atoms with Crippen LogP contribution in [0, 0.1) is 40.9 Å². The molecule has 5 aliphatic carbocycles. The Bertz CT molecular complexity index is 1090. The molecule has 0 aromatic heterocycles. The highest BCUT2D eigenvalue weighted by Crippen LogP contribution is 2.64. The molecule has 2 saturated heterocycles. The van der Waals surface area contributed by atoms with Crippen molar-refractivity contribution in [3.8, 4) is 5.75 Å². The zero-order chi connectivity index (χ0) is 23.0. The summed E-state index contributed by atoms with van der Waals surface area (Å²) in [4.78, 5) is 28.6. The number of carbonyl (C=O) groups is 2. The van der Waals surface area contributed by atoms with Gasteiger partial charge in [-0.3, -0.25) is 14.9 Å². The fourth-order valence-electron chi connectivity index (χ4n) is 8.72. The second kappa shape index (κ2) is 7.55. The lowest BCUT2D eigenvalue weighted by Gasteiger charge is -2.57. The summed E-state index contributed by atoms with van der Waals surface area (Å²) in [5, 5.41) is 2.74. The predicted molar refractivity (Wildman–Crippen MR) is 129 cm³/mol. The second-order valence-corrected chi connectivity index (χ2v) is 11.5. The first-order valence-corrected chi connectivity index (χ1v) is 13.2. The molecule has 2 bridgehead atoms. The molecule has 8 atom stereocenters. The van der Waals surface area contributed by atoms with Crippen molar-refractivity contribution in [1.82, 2.24) is 10.2 Å². The van der Waals surface area contributed by atoms with E-state index in [0.717, 1.165) is 51.1 Å². The molecule has 0 spiro atoms. The first-order valence-electron chi connectivity index (χ1n) is 13.2. The highest BCUT2D eigenvalue weighted by Gasteiger charge is 2.68. The van der Waals surface area contributed by atoms with Gasteiger partial charge in [-0.05, 0) is 73.4 Å². The van der Waals surface area contributed by atoms with E-state index in [0.29, 0.717) is 23.7 Å². The van der Waals surface area contributed by atoms with E-state index in [2.05, 4.69) is 52.7 Å². The highest BCUT2D eigenvalue weighted by atomic mass is 16.5. The van der Waals surface area contributed by atoms with Crippen molar-refractivity contribution < 1.29 is 14.3 Å². The van der Waals surface area contributed by atoms with Gasteiger partial charge in [0, 0.05) is 24.6 Å². The van der Waals surface area contributed by atoms with Gasteiger partial charge in [0.1, 0.15) is 5.75 Å². The van der Waals surface area contributed by atoms with E-state index in [-0.39, 0.29) is 29.6 Å². The molecule has 5 heteroatoms. The van der Waals surface area contributed by atoms with Gasteiger partial charge in [-0.15, -0.1) is 0 Å². The van der Waals surface area contributed by atoms with Crippen LogP contribution in [0.1, 0.15) is 42.7 Å². The molecule has 1 saturated carbocycles. The Morgan fingerprint density at radius 1 is 1.06 bits per heavy atom. The van der Waals surface area contributed by atoms with Gasteiger partial charge in [0.05, 0.1) is 18.4 Å². The van der Waals surface area contributed by atoms with Crippen molar-refractivity contribution in [2.24, 2.45) is 40.9 Å². The molecular weight excluding hydrogens is 424 g/mol. The van der Waals surface area contributed by atoms with Gasteiger partial charge >= 0.3 is 0 Å². The van der Waals surface area contributed by atoms with Crippen molar-refractivity contribution in [2.75, 3.05) is 26.7 Å². The zero-order valence-corrected chi connectivity index (χ0v) is 19.9. The van der Waals surface area contributed by atoms with Gasteiger partial charge in [-0.2, -0.15) is 0 Å². The summed E-state index contributed by atoms with van der Waals surface area (Å²) >= 11 is 0. The number of rotatable bonds is 6. The maximum atomic E-state index is 13.2. The molecule has 178 valence electrons. The molecule has 1 aromatic rings. The normalized spacial score (nSPS) is 40.9. The lowest BCUT2D eigenvalue weighted by Crippen LogP contribution is -2.58. The van der Waals surface area contributed by atoms with Crippen LogP contribution in [0.5, 0.6) is 5.75 Å². The van der Waals surface area contributed by atoms with Gasteiger partial charge < -0.3 is 9.64 Å². The third kappa shape index (κ3) is 2.71. The summed E-state index contributed by atoms with van der Waals surface area (Å²) in [5.74, 6) is 3.42. The van der Waals surface area contributed by atoms with Crippen LogP contribution < -0.4 is 10.1 Å². The number of hydrogen-bond donors (Lipinski definition) is 1. The molecule has 6 unspecified atom stereocenters. The molecule has 1 aromatic carbocycles. The van der Waals surface area contributed by atoms with Crippen LogP contribution in [0.25, 0.3) is 0 Å². The number of benzene rings is 1. The number of allylic oxidation sites excluding steroid dienone is 4. The largest absolute Gasteiger partial charge is 0.496 e. The third-order valence-corrected chi connectivity index (χ3v) is 10.2. The summed E-state index contributed by atoms with van der Waals surface area (Å²) in [6.45, 7) is 3.34. The molecule has 3 fully saturated rings. The Labute approximate surface area is 201 Å². The molecule has 2 amide bonds. The Hall–Kier alpha value is -2.40. The van der Waals surface area contributed by atoms with Crippen molar-refractivity contribution in [3.05, 3.63) is 53.6 Å². The second-order valence-electron chi connectivity index (χ2n) is 11.5. The van der Waals surface area contributed by atoms with Crippen molar-refractivity contribution >= 4 is 11.8 Å². The highest BCUT2D eigenvalue weighted by molar-refractivity contribution is 6.08. The maximum absolute atomic E-state index is 13.2. The van der Waals surface area contributed by atoms with E-state index in [4.69, 9.17) is 4.74 Å². The van der Waals surface area contributed by atoms with E-state index in [1.807, 2.05) is 0 Å². The third-order valence-electron chi connectivity index (χ3n) is 10.2. The van der Waals surface area contributed by atoms with Gasteiger partial charge in [0.15, 0.2) is 0 Å². The summed E-state index contributed by atoms with van der Waals surface area (Å²) < 4.78 is 5.73. The minimum atomic E-state index is -0.520. The number of unbranched alkanes of at least 4 members (excludes halogenated alkanes) is 1. The van der Waals surface area contributed by atoms with Crippen LogP contribution in [0.15, 0.2) is 42.5 Å². The fourth-order valence-corrected chi connectivity index (χ4v) is 8.72. The van der Waals surface area contributed by atoms with Crippen LogP contribution in [0.4, 0.5) is 0 Å². The van der Waals surface area contributed by atoms with Crippen LogP contribution in [-0.2, 0) is 16.0 Å². The zero-order valence-electron chi connectivity index (χ0n) is 19.9. The quantitative estimate of drug-likeness (QED) is 0.401. The van der Waals surface area contributed by atoms with E-state index < -0.39 is 5.41 Å². The number of carbonyl (C=O) groups excluding carboxylic acids is 2. The van der Waals surface area contributed by atoms with Gasteiger partial charge in [0.2, 0.25) is 11.8 Å². The minimum Gasteiger partial charge on any atom is -0.496 e. The number of nitrogens with one attached hydrogen (secondary N) is 1. The topological polar surface area (TPSA) is 58.6 Å². The molecule has 7 aliphatic rings. The number of fused-ring (bicyclic) bond motifs is 3. The Morgan fingerprint density at radius 3 is 2.74 bits per heavy atom. The number of nitrogens with zero attached hydrogens (tertiary/aromatic N) is 1. The summed E-state index contributed by atoms with van der Waals surface area (Å²) in [6.07, 6.45) is 14.4. The van der Waals surface area contributed by atoms with Gasteiger partial charge in [-0.1, -0.05) is 42.9 Å². The molecule has 0 radical (unpaired) electrons. The first kappa shape index (κ1) is 20.9. The number of amides is 2. The van der Waals surface area contributed by atoms with Crippen LogP contribution in [0.3, 0.4) is 0 Å². The van der Waals surface area contributed by atoms with Crippen molar-refractivity contribution in [3.63, 3.8) is 0 Å². The Kier molecular flexibility index (Phi) is 4.65. The Balaban J connectivity index is 1.03. The smallest absolute Gasteiger partial charge is 0.234 e. The summed E-state index contributed by atoms with van der Waals surface area (Å²) in [5.41, 5.74) is 2.39. The lowest BCUT2D eigenvalue weighted by atomic mass is 9.43. The number of hydrogen-bond acceptors (Lipinski definition) is 4. The molecule has 34 heavy (non-hydrogen) atoms. The average molecular weight is 459 g/mol. The van der Waals surface area contributed by atoms with E-state index in [1.54, 1.807) is 7.11 Å². The van der Waals surface area contributed by atoms with Crippen molar-refractivity contribution in [2.45, 2.75) is 38.0 Å². The molecular formula is C29H34N2O3. The number of methoxy groups -OCH3 is 1. The summed E-state index contributed by atoms with van der Waals surface area (Å²) in [6, 6.07) is 6.51. The van der Waals surface area contributed by atoms with Crippen LogP contribution in [-0.4, -0.2) is 43.5 Å². The molecule has 1 N–H and O–H groups in total. The molecule has 5 nitrogen and oxygen atoms in total. The first-order chi connectivity index (χ1) is 16.6. The fraction of sp³-hybridized carbons (Fsp3) is 0.586. The maximum Gasteiger partial charge on any atom is 0.234 e. The minimum absolute atomic E-state index is 0.00325. The lowest BCUT2D eigenvalue weighted by molar-refractivity contribution is -0.142. The SMILES string of the molecule is COc1cccc2c1C1CN(CCCCC34C(=O)NC(=O)C3C3C=CC4[C@@H]4C=C[C@@H]34)CC1CC2. The Morgan fingerprint density at radius 2 is 1.91 bits per heavy atom. The number of aryl methyl sites for hydroxylation is 1. The van der Waals surface area contributed by atoms with Crippen LogP contribution in [0.2, 0.25) is 0 Å². The number of ether oxygens (including phenoxy) is 1. The standard InChI is InChI=1S/C29H34N2O3/c1-34-24-6-4-5-17-7-8-18-15-31(16-22(18)25(17)24)14-3-2-13-29-23-12-11-21(19-9-10-20(19)23)26(29)27(32)30-28(29)33/h4-6,9-12,18-23,26H,2-3,7-8,13-16H2,1H3,(H,30,32,33)/t18?,19-,20-,21?,22?,23?,26?,29?/m1/s1. The van der Waals surface area contributed by atoms with E-state index in [9.17, 15) is 9.59 Å². The molecule has 2 aliphatic heterocycles. The van der Waals surface area contributed by atoms with Gasteiger partial charge in [-0.25, -0.2) is 0 Å². The average Bonchev–Trinajstić information content (AvgIpc) is 3.35. The monoisotopic (exact) mass is 458 g/mol. The van der Waals surface area contributed by atoms with Gasteiger partial charge in [0.25, 0.3) is 0 Å². The number of imide groups is 1. The van der Waals surface area contributed by atoms with Crippen LogP contribution >= 0.6 is 0 Å². The predicted octanol–water partition coefficient (Wildman–Crippen LogP) is 3.70. The van der Waals surface area contributed by atoms with Crippen molar-refractivity contribution in [1.29, 1.82) is 0 Å². The molecule has 2 heterocycles.